The van der Waals surface area contributed by atoms with Gasteiger partial charge < -0.3 is 19.9 Å². The van der Waals surface area contributed by atoms with Gasteiger partial charge in [-0.3, -0.25) is 9.59 Å². The number of hydrogen-bond donors (Lipinski definition) is 1. The van der Waals surface area contributed by atoms with E-state index in [2.05, 4.69) is 17.3 Å². The molecule has 2 amide bonds. The number of amides is 2. The van der Waals surface area contributed by atoms with Crippen molar-refractivity contribution in [3.8, 4) is 0 Å². The van der Waals surface area contributed by atoms with E-state index in [0.717, 1.165) is 25.9 Å². The molecular formula is C14H25N3O3. The second kappa shape index (κ2) is 7.04. The Morgan fingerprint density at radius 2 is 2.05 bits per heavy atom. The quantitative estimate of drug-likeness (QED) is 0.778. The summed E-state index contributed by atoms with van der Waals surface area (Å²) in [5, 5.41) is 2.80. The summed E-state index contributed by atoms with van der Waals surface area (Å²) in [7, 11) is 2.10. The topological polar surface area (TPSA) is 61.9 Å². The molecule has 2 heterocycles. The predicted molar refractivity (Wildman–Crippen MR) is 75.3 cm³/mol. The van der Waals surface area contributed by atoms with Gasteiger partial charge in [-0.25, -0.2) is 0 Å². The Hall–Kier alpha value is -1.14. The first-order chi connectivity index (χ1) is 9.61. The van der Waals surface area contributed by atoms with Crippen LogP contribution < -0.4 is 5.32 Å². The summed E-state index contributed by atoms with van der Waals surface area (Å²) in [5.74, 6) is -0.114. The molecule has 2 aliphatic heterocycles. The summed E-state index contributed by atoms with van der Waals surface area (Å²) >= 11 is 0. The Labute approximate surface area is 120 Å². The largest absolute Gasteiger partial charge is 0.368 e. The van der Waals surface area contributed by atoms with Gasteiger partial charge >= 0.3 is 0 Å². The van der Waals surface area contributed by atoms with Gasteiger partial charge in [0.2, 0.25) is 11.8 Å². The zero-order valence-electron chi connectivity index (χ0n) is 12.4. The Balaban J connectivity index is 1.80. The minimum atomic E-state index is -0.336. The zero-order chi connectivity index (χ0) is 14.5. The van der Waals surface area contributed by atoms with E-state index in [0.29, 0.717) is 19.5 Å². The van der Waals surface area contributed by atoms with Crippen molar-refractivity contribution in [2.45, 2.75) is 38.3 Å². The smallest absolute Gasteiger partial charge is 0.249 e. The van der Waals surface area contributed by atoms with Crippen LogP contribution in [0.2, 0.25) is 0 Å². The predicted octanol–water partition coefficient (Wildman–Crippen LogP) is -0.166. The molecule has 6 nitrogen and oxygen atoms in total. The molecule has 0 radical (unpaired) electrons. The van der Waals surface area contributed by atoms with E-state index in [4.69, 9.17) is 4.74 Å². The fraction of sp³-hybridized carbons (Fsp3) is 0.857. The molecule has 0 saturated carbocycles. The van der Waals surface area contributed by atoms with Gasteiger partial charge in [0.1, 0.15) is 12.6 Å². The third-order valence-corrected chi connectivity index (χ3v) is 4.15. The van der Waals surface area contributed by atoms with Crippen LogP contribution in [0.5, 0.6) is 0 Å². The minimum Gasteiger partial charge on any atom is -0.368 e. The van der Waals surface area contributed by atoms with Gasteiger partial charge in [0.15, 0.2) is 0 Å². The fourth-order valence-electron chi connectivity index (χ4n) is 2.84. The van der Waals surface area contributed by atoms with Crippen molar-refractivity contribution < 1.29 is 14.3 Å². The highest BCUT2D eigenvalue weighted by atomic mass is 16.5. The normalized spacial score (nSPS) is 25.6. The Kier molecular flexibility index (Phi) is 5.37. The van der Waals surface area contributed by atoms with Gasteiger partial charge in [0.05, 0.1) is 6.10 Å². The molecule has 114 valence electrons. The summed E-state index contributed by atoms with van der Waals surface area (Å²) in [6, 6.07) is -0.336. The first-order valence-electron chi connectivity index (χ1n) is 7.49. The standard InChI is InChI=1S/C14H25N3O3/c1-3-12-14(19)15-6-9-17(12)13(18)10-20-11-4-7-16(2)8-5-11/h11-12H,3-10H2,1-2H3,(H,15,19). The molecule has 0 aromatic carbocycles. The lowest BCUT2D eigenvalue weighted by Crippen LogP contribution is -2.57. The Bertz CT molecular complexity index is 354. The van der Waals surface area contributed by atoms with Gasteiger partial charge in [-0.15, -0.1) is 0 Å². The minimum absolute atomic E-state index is 0.0496. The maximum Gasteiger partial charge on any atom is 0.249 e. The monoisotopic (exact) mass is 283 g/mol. The van der Waals surface area contributed by atoms with E-state index >= 15 is 0 Å². The van der Waals surface area contributed by atoms with Gasteiger partial charge in [0, 0.05) is 26.2 Å². The summed E-state index contributed by atoms with van der Waals surface area (Å²) in [6.07, 6.45) is 2.77. The zero-order valence-corrected chi connectivity index (χ0v) is 12.4. The summed E-state index contributed by atoms with van der Waals surface area (Å²) < 4.78 is 5.72. The average Bonchev–Trinajstić information content (AvgIpc) is 2.46. The maximum atomic E-state index is 12.2. The second-order valence-electron chi connectivity index (χ2n) is 5.62. The van der Waals surface area contributed by atoms with Crippen LogP contribution in [0.1, 0.15) is 26.2 Å². The van der Waals surface area contributed by atoms with Crippen molar-refractivity contribution in [1.82, 2.24) is 15.1 Å². The highest BCUT2D eigenvalue weighted by Gasteiger charge is 2.31. The SMILES string of the molecule is CCC1C(=O)NCCN1C(=O)COC1CCN(C)CC1. The van der Waals surface area contributed by atoms with Crippen molar-refractivity contribution in [2.75, 3.05) is 39.8 Å². The summed E-state index contributed by atoms with van der Waals surface area (Å²) in [5.41, 5.74) is 0. The average molecular weight is 283 g/mol. The second-order valence-corrected chi connectivity index (χ2v) is 5.62. The van der Waals surface area contributed by atoms with Crippen LogP contribution in [0.4, 0.5) is 0 Å². The van der Waals surface area contributed by atoms with Gasteiger partial charge in [0.25, 0.3) is 0 Å². The number of carbonyl (C=O) groups is 2. The lowest BCUT2D eigenvalue weighted by atomic mass is 10.1. The van der Waals surface area contributed by atoms with Crippen molar-refractivity contribution in [2.24, 2.45) is 0 Å². The first-order valence-corrected chi connectivity index (χ1v) is 7.49. The third-order valence-electron chi connectivity index (χ3n) is 4.15. The van der Waals surface area contributed by atoms with E-state index < -0.39 is 0 Å². The third kappa shape index (κ3) is 3.70. The molecule has 2 saturated heterocycles. The number of likely N-dealkylation sites (tertiary alicyclic amines) is 1. The van der Waals surface area contributed by atoms with Crippen molar-refractivity contribution >= 4 is 11.8 Å². The highest BCUT2D eigenvalue weighted by Crippen LogP contribution is 2.14. The van der Waals surface area contributed by atoms with Crippen LogP contribution in [0.3, 0.4) is 0 Å². The number of carbonyl (C=O) groups excluding carboxylic acids is 2. The number of piperidine rings is 1. The summed E-state index contributed by atoms with van der Waals surface area (Å²) in [6.45, 7) is 5.17. The molecule has 1 unspecified atom stereocenters. The molecule has 0 aliphatic carbocycles. The van der Waals surface area contributed by atoms with E-state index in [1.54, 1.807) is 4.90 Å². The van der Waals surface area contributed by atoms with Crippen molar-refractivity contribution in [3.05, 3.63) is 0 Å². The molecule has 0 aromatic rings. The van der Waals surface area contributed by atoms with Crippen LogP contribution in [0.15, 0.2) is 0 Å². The number of ether oxygens (including phenoxy) is 1. The number of nitrogens with zero attached hydrogens (tertiary/aromatic N) is 2. The number of rotatable bonds is 4. The summed E-state index contributed by atoms with van der Waals surface area (Å²) in [4.78, 5) is 27.9. The molecule has 2 rings (SSSR count). The Morgan fingerprint density at radius 1 is 1.35 bits per heavy atom. The van der Waals surface area contributed by atoms with E-state index in [1.165, 1.54) is 0 Å². The van der Waals surface area contributed by atoms with Crippen LogP contribution in [-0.2, 0) is 14.3 Å². The molecule has 6 heteroatoms. The number of hydrogen-bond acceptors (Lipinski definition) is 4. The van der Waals surface area contributed by atoms with Gasteiger partial charge in [-0.2, -0.15) is 0 Å². The van der Waals surface area contributed by atoms with E-state index in [9.17, 15) is 9.59 Å². The first kappa shape index (κ1) is 15.3. The highest BCUT2D eigenvalue weighted by molar-refractivity contribution is 5.89. The van der Waals surface area contributed by atoms with Gasteiger partial charge in [-0.1, -0.05) is 6.92 Å². The molecule has 1 atom stereocenters. The van der Waals surface area contributed by atoms with Gasteiger partial charge in [-0.05, 0) is 26.3 Å². The lowest BCUT2D eigenvalue weighted by molar-refractivity contribution is -0.148. The van der Waals surface area contributed by atoms with Crippen LogP contribution in [-0.4, -0.2) is 73.6 Å². The van der Waals surface area contributed by atoms with E-state index in [1.807, 2.05) is 6.92 Å². The van der Waals surface area contributed by atoms with Crippen LogP contribution >= 0.6 is 0 Å². The van der Waals surface area contributed by atoms with Crippen LogP contribution in [0.25, 0.3) is 0 Å². The molecule has 0 aromatic heterocycles. The number of piperazine rings is 1. The number of nitrogens with one attached hydrogen (secondary N) is 1. The molecule has 2 fully saturated rings. The lowest BCUT2D eigenvalue weighted by Gasteiger charge is -2.35. The molecular weight excluding hydrogens is 258 g/mol. The van der Waals surface area contributed by atoms with E-state index in [-0.39, 0.29) is 30.6 Å². The molecule has 20 heavy (non-hydrogen) atoms. The molecule has 2 aliphatic rings. The maximum absolute atomic E-state index is 12.2. The fourth-order valence-corrected chi connectivity index (χ4v) is 2.84. The molecule has 0 bridgehead atoms. The van der Waals surface area contributed by atoms with Crippen molar-refractivity contribution in [1.29, 1.82) is 0 Å². The van der Waals surface area contributed by atoms with Crippen LogP contribution in [0, 0.1) is 0 Å². The molecule has 0 spiro atoms. The molecule has 1 N–H and O–H groups in total. The Morgan fingerprint density at radius 3 is 2.70 bits per heavy atom. The van der Waals surface area contributed by atoms with Crippen molar-refractivity contribution in [3.63, 3.8) is 0 Å².